The SMILES string of the molecule is CC(=O)c1sc(N(CC(F)(F)F)C2CC2)nc1C. The Bertz CT molecular complexity index is 465. The molecule has 0 N–H and O–H groups in total. The second-order valence-electron chi connectivity index (χ2n) is 4.44. The van der Waals surface area contributed by atoms with E-state index in [2.05, 4.69) is 4.98 Å². The Morgan fingerprint density at radius 2 is 2.11 bits per heavy atom. The molecule has 0 radical (unpaired) electrons. The second-order valence-corrected chi connectivity index (χ2v) is 5.42. The predicted molar refractivity (Wildman–Crippen MR) is 63.3 cm³/mol. The zero-order chi connectivity index (χ0) is 13.5. The van der Waals surface area contributed by atoms with Crippen LogP contribution in [-0.2, 0) is 0 Å². The van der Waals surface area contributed by atoms with E-state index in [1.54, 1.807) is 6.92 Å². The minimum atomic E-state index is -4.25. The van der Waals surface area contributed by atoms with Crippen molar-refractivity contribution in [3.63, 3.8) is 0 Å². The Morgan fingerprint density at radius 3 is 2.50 bits per heavy atom. The van der Waals surface area contributed by atoms with Gasteiger partial charge in [0.05, 0.1) is 10.6 Å². The standard InChI is InChI=1S/C11H13F3N2OS/c1-6-9(7(2)17)18-10(15-6)16(8-3-4-8)5-11(12,13)14/h8H,3-5H2,1-2H3. The number of aryl methyl sites for hydroxylation is 1. The molecule has 1 aliphatic rings. The molecule has 7 heteroatoms. The van der Waals surface area contributed by atoms with Crippen molar-refractivity contribution >= 4 is 22.3 Å². The summed E-state index contributed by atoms with van der Waals surface area (Å²) in [6, 6.07) is -0.0861. The number of alkyl halides is 3. The molecule has 0 saturated heterocycles. The van der Waals surface area contributed by atoms with Gasteiger partial charge in [0.2, 0.25) is 0 Å². The summed E-state index contributed by atoms with van der Waals surface area (Å²) in [6.07, 6.45) is -2.74. The number of halogens is 3. The molecule has 100 valence electrons. The molecule has 18 heavy (non-hydrogen) atoms. The highest BCUT2D eigenvalue weighted by molar-refractivity contribution is 7.17. The molecule has 1 aromatic heterocycles. The van der Waals surface area contributed by atoms with Crippen molar-refractivity contribution in [3.05, 3.63) is 10.6 Å². The van der Waals surface area contributed by atoms with E-state index in [4.69, 9.17) is 0 Å². The fourth-order valence-corrected chi connectivity index (χ4v) is 2.80. The molecule has 0 aliphatic heterocycles. The zero-order valence-electron chi connectivity index (χ0n) is 10.0. The van der Waals surface area contributed by atoms with E-state index >= 15 is 0 Å². The maximum atomic E-state index is 12.5. The number of hydrogen-bond acceptors (Lipinski definition) is 4. The third-order valence-corrected chi connectivity index (χ3v) is 3.98. The summed E-state index contributed by atoms with van der Waals surface area (Å²) in [5.74, 6) is -0.154. The molecule has 0 unspecified atom stereocenters. The normalized spacial score (nSPS) is 15.8. The summed E-state index contributed by atoms with van der Waals surface area (Å²) in [6.45, 7) is 2.05. The second kappa shape index (κ2) is 4.53. The van der Waals surface area contributed by atoms with Gasteiger partial charge in [-0.1, -0.05) is 11.3 Å². The highest BCUT2D eigenvalue weighted by atomic mass is 32.1. The number of nitrogens with zero attached hydrogens (tertiary/aromatic N) is 2. The largest absolute Gasteiger partial charge is 0.406 e. The van der Waals surface area contributed by atoms with Crippen LogP contribution in [0.2, 0.25) is 0 Å². The van der Waals surface area contributed by atoms with E-state index in [0.29, 0.717) is 15.7 Å². The summed E-state index contributed by atoms with van der Waals surface area (Å²) < 4.78 is 37.5. The summed E-state index contributed by atoms with van der Waals surface area (Å²) in [7, 11) is 0. The zero-order valence-corrected chi connectivity index (χ0v) is 10.9. The lowest BCUT2D eigenvalue weighted by molar-refractivity contribution is -0.120. The lowest BCUT2D eigenvalue weighted by Crippen LogP contribution is -2.35. The van der Waals surface area contributed by atoms with Crippen LogP contribution in [0.4, 0.5) is 18.3 Å². The molecule has 0 spiro atoms. The van der Waals surface area contributed by atoms with Crippen molar-refractivity contribution in [2.24, 2.45) is 0 Å². The molecular weight excluding hydrogens is 265 g/mol. The van der Waals surface area contributed by atoms with Crippen LogP contribution < -0.4 is 4.90 Å². The maximum absolute atomic E-state index is 12.5. The van der Waals surface area contributed by atoms with Gasteiger partial charge in [-0.05, 0) is 19.8 Å². The van der Waals surface area contributed by atoms with E-state index in [1.165, 1.54) is 11.8 Å². The molecule has 2 rings (SSSR count). The molecule has 1 fully saturated rings. The fourth-order valence-electron chi connectivity index (χ4n) is 1.76. The Kier molecular flexibility index (Phi) is 3.35. The summed E-state index contributed by atoms with van der Waals surface area (Å²) >= 11 is 1.05. The lowest BCUT2D eigenvalue weighted by Gasteiger charge is -2.22. The van der Waals surface area contributed by atoms with Gasteiger partial charge in [-0.15, -0.1) is 0 Å². The number of hydrogen-bond donors (Lipinski definition) is 0. The minimum Gasteiger partial charge on any atom is -0.336 e. The lowest BCUT2D eigenvalue weighted by atomic mass is 10.3. The van der Waals surface area contributed by atoms with E-state index < -0.39 is 12.7 Å². The third kappa shape index (κ3) is 3.01. The predicted octanol–water partition coefficient (Wildman–Crippen LogP) is 3.19. The number of aromatic nitrogens is 1. The summed E-state index contributed by atoms with van der Waals surface area (Å²) in [4.78, 5) is 17.1. The Labute approximate surface area is 107 Å². The van der Waals surface area contributed by atoms with Crippen LogP contribution in [0.15, 0.2) is 0 Å². The highest BCUT2D eigenvalue weighted by Gasteiger charge is 2.39. The summed E-state index contributed by atoms with van der Waals surface area (Å²) in [5.41, 5.74) is 0.510. The topological polar surface area (TPSA) is 33.2 Å². The van der Waals surface area contributed by atoms with E-state index in [1.807, 2.05) is 0 Å². The van der Waals surface area contributed by atoms with Crippen molar-refractivity contribution in [3.8, 4) is 0 Å². The molecule has 0 atom stereocenters. The average molecular weight is 278 g/mol. The molecule has 1 aromatic rings. The third-order valence-electron chi connectivity index (χ3n) is 2.69. The summed E-state index contributed by atoms with van der Waals surface area (Å²) in [5, 5.41) is 0.303. The van der Waals surface area contributed by atoms with Gasteiger partial charge in [-0.3, -0.25) is 4.79 Å². The first-order chi connectivity index (χ1) is 8.28. The van der Waals surface area contributed by atoms with Crippen LogP contribution in [0, 0.1) is 6.92 Å². The van der Waals surface area contributed by atoms with Gasteiger partial charge in [0.15, 0.2) is 10.9 Å². The van der Waals surface area contributed by atoms with Crippen molar-refractivity contribution in [1.29, 1.82) is 0 Å². The van der Waals surface area contributed by atoms with E-state index in [-0.39, 0.29) is 11.8 Å². The molecule has 0 bridgehead atoms. The van der Waals surface area contributed by atoms with Crippen molar-refractivity contribution in [1.82, 2.24) is 4.98 Å². The van der Waals surface area contributed by atoms with Crippen LogP contribution in [0.5, 0.6) is 0 Å². The number of carbonyl (C=O) groups excluding carboxylic acids is 1. The van der Waals surface area contributed by atoms with Crippen LogP contribution >= 0.6 is 11.3 Å². The molecule has 0 amide bonds. The molecule has 3 nitrogen and oxygen atoms in total. The average Bonchev–Trinajstić information content (AvgIpc) is 2.96. The number of Topliss-reactive ketones (excluding diaryl/α,β-unsaturated/α-hetero) is 1. The first-order valence-corrected chi connectivity index (χ1v) is 6.41. The highest BCUT2D eigenvalue weighted by Crippen LogP contribution is 2.37. The molecule has 0 aromatic carbocycles. The number of ketones is 1. The van der Waals surface area contributed by atoms with Gasteiger partial charge < -0.3 is 4.90 Å². The van der Waals surface area contributed by atoms with E-state index in [9.17, 15) is 18.0 Å². The quantitative estimate of drug-likeness (QED) is 0.793. The Hall–Kier alpha value is -1.11. The van der Waals surface area contributed by atoms with Gasteiger partial charge >= 0.3 is 6.18 Å². The molecule has 1 saturated carbocycles. The Balaban J connectivity index is 2.26. The first kappa shape index (κ1) is 13.3. The molecule has 1 aliphatic carbocycles. The van der Waals surface area contributed by atoms with Gasteiger partial charge in [-0.25, -0.2) is 4.98 Å². The minimum absolute atomic E-state index is 0.0861. The van der Waals surface area contributed by atoms with Crippen LogP contribution in [0.3, 0.4) is 0 Å². The number of rotatable bonds is 4. The van der Waals surface area contributed by atoms with Crippen molar-refractivity contribution < 1.29 is 18.0 Å². The monoisotopic (exact) mass is 278 g/mol. The Morgan fingerprint density at radius 1 is 1.50 bits per heavy atom. The number of anilines is 1. The smallest absolute Gasteiger partial charge is 0.336 e. The number of carbonyl (C=O) groups is 1. The van der Waals surface area contributed by atoms with Gasteiger partial charge in [0.25, 0.3) is 0 Å². The van der Waals surface area contributed by atoms with Crippen molar-refractivity contribution in [2.75, 3.05) is 11.4 Å². The molecular formula is C11H13F3N2OS. The van der Waals surface area contributed by atoms with E-state index in [0.717, 1.165) is 24.2 Å². The van der Waals surface area contributed by atoms with Gasteiger partial charge in [0.1, 0.15) is 6.54 Å². The number of thiazole rings is 1. The van der Waals surface area contributed by atoms with Crippen LogP contribution in [0.25, 0.3) is 0 Å². The van der Waals surface area contributed by atoms with Gasteiger partial charge in [0, 0.05) is 13.0 Å². The maximum Gasteiger partial charge on any atom is 0.406 e. The molecule has 1 heterocycles. The first-order valence-electron chi connectivity index (χ1n) is 5.59. The van der Waals surface area contributed by atoms with Gasteiger partial charge in [-0.2, -0.15) is 13.2 Å². The van der Waals surface area contributed by atoms with Crippen LogP contribution in [0.1, 0.15) is 35.1 Å². The van der Waals surface area contributed by atoms with Crippen LogP contribution in [-0.4, -0.2) is 29.5 Å². The van der Waals surface area contributed by atoms with Crippen molar-refractivity contribution in [2.45, 2.75) is 38.9 Å². The fraction of sp³-hybridized carbons (Fsp3) is 0.636.